The number of allylic oxidation sites excluding steroid dienone is 3. The fourth-order valence-corrected chi connectivity index (χ4v) is 5.01. The van der Waals surface area contributed by atoms with Crippen LogP contribution in [0, 0.1) is 5.41 Å². The minimum Gasteiger partial charge on any atom is -0.390 e. The Hall–Kier alpha value is -0.670. The second-order valence-electron chi connectivity index (χ2n) is 7.77. The fraction of sp³-hybridized carbons (Fsp3) is 0.750. The van der Waals surface area contributed by atoms with Gasteiger partial charge in [0.15, 0.2) is 0 Å². The van der Waals surface area contributed by atoms with Crippen LogP contribution in [0.3, 0.4) is 0 Å². The maximum atomic E-state index is 2.71. The van der Waals surface area contributed by atoms with Gasteiger partial charge in [-0.1, -0.05) is 53.5 Å². The van der Waals surface area contributed by atoms with Crippen molar-refractivity contribution >= 4 is 14.0 Å². The standard InChI is InChI=1S/C16H29B2N3/c1-12(2)21-17(5)19(7)15-16(3,4)13-10-8-9-11-14(13)20(15)18(21)6/h8,10,12,15H,9,11H2,1-7H3. The van der Waals surface area contributed by atoms with Crippen molar-refractivity contribution in [3.63, 3.8) is 0 Å². The molecule has 1 atom stereocenters. The first-order valence-corrected chi connectivity index (χ1v) is 8.46. The summed E-state index contributed by atoms with van der Waals surface area (Å²) in [5, 5.41) is 0. The minimum absolute atomic E-state index is 0.201. The van der Waals surface area contributed by atoms with Crippen molar-refractivity contribution in [3.8, 4) is 0 Å². The van der Waals surface area contributed by atoms with E-state index < -0.39 is 0 Å². The third kappa shape index (κ3) is 1.97. The van der Waals surface area contributed by atoms with E-state index in [1.54, 1.807) is 11.3 Å². The molecule has 0 N–H and O–H groups in total. The van der Waals surface area contributed by atoms with E-state index in [0.29, 0.717) is 26.2 Å². The van der Waals surface area contributed by atoms with Crippen LogP contribution in [0.15, 0.2) is 23.4 Å². The molecule has 5 heteroatoms. The summed E-state index contributed by atoms with van der Waals surface area (Å²) in [6.07, 6.45) is 7.61. The molecule has 0 aromatic rings. The third-order valence-corrected chi connectivity index (χ3v) is 5.90. The second-order valence-corrected chi connectivity index (χ2v) is 7.77. The normalized spacial score (nSPS) is 29.5. The quantitative estimate of drug-likeness (QED) is 0.685. The van der Waals surface area contributed by atoms with Gasteiger partial charge in [-0.05, 0) is 31.5 Å². The zero-order valence-electron chi connectivity index (χ0n) is 14.7. The van der Waals surface area contributed by atoms with E-state index in [-0.39, 0.29) is 5.41 Å². The summed E-state index contributed by atoms with van der Waals surface area (Å²) in [6.45, 7) is 15.2. The monoisotopic (exact) mass is 285 g/mol. The van der Waals surface area contributed by atoms with Gasteiger partial charge in [-0.3, -0.25) is 0 Å². The highest BCUT2D eigenvalue weighted by atomic mass is 15.4. The lowest BCUT2D eigenvalue weighted by molar-refractivity contribution is 0.115. The Bertz CT molecular complexity index is 498. The highest BCUT2D eigenvalue weighted by molar-refractivity contribution is 6.70. The summed E-state index contributed by atoms with van der Waals surface area (Å²) in [6, 6.07) is 0.560. The van der Waals surface area contributed by atoms with Gasteiger partial charge in [0.2, 0.25) is 0 Å². The van der Waals surface area contributed by atoms with Crippen LogP contribution in [0.5, 0.6) is 0 Å². The summed E-state index contributed by atoms with van der Waals surface area (Å²) in [4.78, 5) is 5.28. The molecule has 0 spiro atoms. The van der Waals surface area contributed by atoms with Crippen molar-refractivity contribution in [3.05, 3.63) is 23.4 Å². The molecular weight excluding hydrogens is 256 g/mol. The molecule has 0 aromatic carbocycles. The van der Waals surface area contributed by atoms with E-state index in [9.17, 15) is 0 Å². The van der Waals surface area contributed by atoms with Crippen molar-refractivity contribution in [1.29, 1.82) is 0 Å². The maximum Gasteiger partial charge on any atom is 0.330 e. The molecule has 3 nitrogen and oxygen atoms in total. The van der Waals surface area contributed by atoms with Crippen LogP contribution >= 0.6 is 0 Å². The van der Waals surface area contributed by atoms with E-state index in [1.807, 2.05) is 0 Å². The van der Waals surface area contributed by atoms with Gasteiger partial charge in [-0.15, -0.1) is 0 Å². The fourth-order valence-electron chi connectivity index (χ4n) is 5.01. The number of nitrogens with zero attached hydrogens (tertiary/aromatic N) is 3. The number of hydrogen-bond acceptors (Lipinski definition) is 3. The van der Waals surface area contributed by atoms with Crippen LogP contribution in [0.2, 0.25) is 13.6 Å². The van der Waals surface area contributed by atoms with Gasteiger partial charge in [0, 0.05) is 11.1 Å². The molecule has 3 aliphatic rings. The molecule has 1 unspecified atom stereocenters. The number of rotatable bonds is 1. The smallest absolute Gasteiger partial charge is 0.330 e. The Morgan fingerprint density at radius 1 is 1.24 bits per heavy atom. The van der Waals surface area contributed by atoms with Gasteiger partial charge in [0.1, 0.15) is 0 Å². The summed E-state index contributed by atoms with van der Waals surface area (Å²) in [5.74, 6) is 0. The van der Waals surface area contributed by atoms with Crippen LogP contribution in [0.4, 0.5) is 0 Å². The topological polar surface area (TPSA) is 9.72 Å². The van der Waals surface area contributed by atoms with Crippen LogP contribution in [-0.4, -0.2) is 47.6 Å². The molecule has 0 saturated carbocycles. The maximum absolute atomic E-state index is 2.71. The summed E-state index contributed by atoms with van der Waals surface area (Å²) < 4.78 is 2.64. The van der Waals surface area contributed by atoms with Crippen molar-refractivity contribution in [1.82, 2.24) is 14.3 Å². The van der Waals surface area contributed by atoms with Crippen LogP contribution in [0.1, 0.15) is 40.5 Å². The molecule has 1 aliphatic carbocycles. The first kappa shape index (κ1) is 15.2. The van der Waals surface area contributed by atoms with Crippen molar-refractivity contribution in [2.24, 2.45) is 5.41 Å². The zero-order valence-corrected chi connectivity index (χ0v) is 14.7. The average molecular weight is 285 g/mol. The highest BCUT2D eigenvalue weighted by Crippen LogP contribution is 2.50. The molecule has 0 amide bonds. The molecule has 0 aromatic heterocycles. The van der Waals surface area contributed by atoms with Gasteiger partial charge in [-0.25, -0.2) is 0 Å². The van der Waals surface area contributed by atoms with Crippen LogP contribution in [0.25, 0.3) is 0 Å². The molecule has 0 radical (unpaired) electrons. The van der Waals surface area contributed by atoms with E-state index in [0.717, 1.165) is 0 Å². The molecule has 21 heavy (non-hydrogen) atoms. The lowest BCUT2D eigenvalue weighted by Crippen LogP contribution is -2.74. The van der Waals surface area contributed by atoms with Crippen LogP contribution < -0.4 is 0 Å². The second kappa shape index (κ2) is 4.92. The summed E-state index contributed by atoms with van der Waals surface area (Å²) in [5.41, 5.74) is 3.35. The van der Waals surface area contributed by atoms with Gasteiger partial charge in [-0.2, -0.15) is 0 Å². The predicted molar refractivity (Wildman–Crippen MR) is 92.8 cm³/mol. The third-order valence-electron chi connectivity index (χ3n) is 5.90. The summed E-state index contributed by atoms with van der Waals surface area (Å²) >= 11 is 0. The molecular formula is C16H29B2N3. The Labute approximate surface area is 131 Å². The molecule has 1 saturated heterocycles. The van der Waals surface area contributed by atoms with Crippen molar-refractivity contribution < 1.29 is 0 Å². The van der Waals surface area contributed by atoms with E-state index in [1.165, 1.54) is 12.8 Å². The Kier molecular flexibility index (Phi) is 3.57. The van der Waals surface area contributed by atoms with Crippen molar-refractivity contribution in [2.45, 2.75) is 66.4 Å². The van der Waals surface area contributed by atoms with E-state index >= 15 is 0 Å². The Balaban J connectivity index is 2.08. The lowest BCUT2D eigenvalue weighted by Gasteiger charge is -2.56. The molecule has 114 valence electrons. The first-order chi connectivity index (χ1) is 9.78. The first-order valence-electron chi connectivity index (χ1n) is 8.46. The van der Waals surface area contributed by atoms with Crippen molar-refractivity contribution in [2.75, 3.05) is 7.05 Å². The van der Waals surface area contributed by atoms with Gasteiger partial charge >= 0.3 is 6.98 Å². The SMILES string of the molecule is CB1N(C)C2N(B(C)N1C(C)C)C1=C(C=CCC1)C2(C)C. The number of fused-ring (bicyclic) bond motifs is 2. The lowest BCUT2D eigenvalue weighted by atomic mass is 9.54. The predicted octanol–water partition coefficient (Wildman–Crippen LogP) is 3.15. The highest BCUT2D eigenvalue weighted by Gasteiger charge is 2.56. The minimum atomic E-state index is 0.201. The summed E-state index contributed by atoms with van der Waals surface area (Å²) in [7, 11) is 2.30. The van der Waals surface area contributed by atoms with E-state index in [2.05, 4.69) is 74.9 Å². The molecule has 3 rings (SSSR count). The average Bonchev–Trinajstić information content (AvgIpc) is 2.65. The van der Waals surface area contributed by atoms with E-state index in [4.69, 9.17) is 0 Å². The van der Waals surface area contributed by atoms with Gasteiger partial charge < -0.3 is 14.3 Å². The Morgan fingerprint density at radius 2 is 1.90 bits per heavy atom. The van der Waals surface area contributed by atoms with Gasteiger partial charge in [0.25, 0.3) is 6.98 Å². The van der Waals surface area contributed by atoms with Crippen LogP contribution in [-0.2, 0) is 0 Å². The van der Waals surface area contributed by atoms with Gasteiger partial charge in [0.05, 0.1) is 6.17 Å². The zero-order chi connectivity index (χ0) is 15.5. The Morgan fingerprint density at radius 3 is 2.52 bits per heavy atom. The largest absolute Gasteiger partial charge is 0.390 e. The number of hydrogen-bond donors (Lipinski definition) is 0. The molecule has 2 aliphatic heterocycles. The molecule has 0 bridgehead atoms. The molecule has 2 heterocycles. The molecule has 1 fully saturated rings.